The molecule has 7 amide bonds. The molecule has 0 unspecified atom stereocenters. The first-order valence-corrected chi connectivity index (χ1v) is 19.6. The highest BCUT2D eigenvalue weighted by Crippen LogP contribution is 2.20. The maximum Gasteiger partial charge on any atom is 0.305 e. The molecule has 1 aromatic heterocycles. The summed E-state index contributed by atoms with van der Waals surface area (Å²) < 4.78 is 0. The molecule has 0 radical (unpaired) electrons. The van der Waals surface area contributed by atoms with E-state index in [4.69, 9.17) is 11.5 Å². The highest BCUT2D eigenvalue weighted by atomic mass is 16.4. The Labute approximate surface area is 347 Å². The molecular weight excluding hydrogens is 779 g/mol. The number of carbonyl (C=O) groups excluding carboxylic acids is 7. The minimum atomic E-state index is -1.64. The second kappa shape index (κ2) is 22.6. The molecule has 0 saturated carbocycles. The van der Waals surface area contributed by atoms with E-state index >= 15 is 0 Å². The van der Waals surface area contributed by atoms with E-state index < -0.39 is 96.5 Å². The van der Waals surface area contributed by atoms with Crippen molar-refractivity contribution in [2.24, 2.45) is 23.3 Å². The van der Waals surface area contributed by atoms with Gasteiger partial charge in [0.1, 0.15) is 36.0 Å². The van der Waals surface area contributed by atoms with Gasteiger partial charge in [0.15, 0.2) is 0 Å². The molecule has 0 spiro atoms. The average molecular weight is 836 g/mol. The van der Waals surface area contributed by atoms with Crippen LogP contribution in [0.15, 0.2) is 54.7 Å². The number of H-pyrrole nitrogens is 1. The molecule has 0 saturated heterocycles. The molecule has 2 aromatic carbocycles. The molecule has 0 bridgehead atoms. The summed E-state index contributed by atoms with van der Waals surface area (Å²) >= 11 is 0. The standard InChI is InChI=1S/C41H57N9O10/c1-21(2)14-29(36(43)55)47-41(60)33(18-35(53)54)50-39(58)30(15-22(3)4)49-40(59)32(17-25-19-44-28-9-7-6-8-27(25)28)46-34(52)20-45-38(57)31(48-37(56)23(5)42)16-24-10-12-26(51)13-11-24/h6-13,19,21-23,29-33,44,51H,14-18,20,42H2,1-5H3,(H2,43,55)(H,45,57)(H,46,52)(H,47,60)(H,48,56)(H,49,59)(H,50,58)(H,53,54)/t23-,29-,30-,31-,32-,33-/m0/s1. The van der Waals surface area contributed by atoms with Crippen molar-refractivity contribution in [3.05, 3.63) is 65.9 Å². The number of carbonyl (C=O) groups is 8. The number of rotatable bonds is 23. The molecule has 3 rings (SSSR count). The van der Waals surface area contributed by atoms with Crippen molar-refractivity contribution in [2.75, 3.05) is 6.54 Å². The van der Waals surface area contributed by atoms with E-state index in [1.165, 1.54) is 19.1 Å². The van der Waals surface area contributed by atoms with Crippen LogP contribution < -0.4 is 43.4 Å². The number of carboxylic acid groups (broad SMARTS) is 1. The van der Waals surface area contributed by atoms with Gasteiger partial charge in [0.25, 0.3) is 0 Å². The van der Waals surface area contributed by atoms with Crippen molar-refractivity contribution in [1.29, 1.82) is 0 Å². The first-order chi connectivity index (χ1) is 28.2. The van der Waals surface area contributed by atoms with Gasteiger partial charge in [-0.1, -0.05) is 58.0 Å². The number of phenols is 1. The van der Waals surface area contributed by atoms with E-state index in [1.54, 1.807) is 52.1 Å². The lowest BCUT2D eigenvalue weighted by molar-refractivity contribution is -0.141. The number of benzene rings is 2. The number of amides is 7. The first-order valence-electron chi connectivity index (χ1n) is 19.6. The third kappa shape index (κ3) is 15.3. The number of phenolic OH excluding ortho intramolecular Hbond substituents is 1. The second-order valence-electron chi connectivity index (χ2n) is 15.6. The van der Waals surface area contributed by atoms with Crippen molar-refractivity contribution in [3.63, 3.8) is 0 Å². The molecule has 3 aromatic rings. The fraction of sp³-hybridized carbons (Fsp3) is 0.463. The summed E-state index contributed by atoms with van der Waals surface area (Å²) in [5.41, 5.74) is 13.1. The lowest BCUT2D eigenvalue weighted by Gasteiger charge is -2.27. The summed E-state index contributed by atoms with van der Waals surface area (Å²) in [6.45, 7) is 7.96. The van der Waals surface area contributed by atoms with Gasteiger partial charge in [-0.05, 0) is 60.9 Å². The molecule has 19 heteroatoms. The van der Waals surface area contributed by atoms with Gasteiger partial charge in [-0.2, -0.15) is 0 Å². The van der Waals surface area contributed by atoms with Crippen LogP contribution in [0.25, 0.3) is 10.9 Å². The molecule has 0 fully saturated rings. The number of aromatic nitrogens is 1. The average Bonchev–Trinajstić information content (AvgIpc) is 3.58. The van der Waals surface area contributed by atoms with Gasteiger partial charge in [-0.25, -0.2) is 0 Å². The molecular formula is C41H57N9O10. The van der Waals surface area contributed by atoms with Crippen molar-refractivity contribution < 1.29 is 48.6 Å². The summed E-state index contributed by atoms with van der Waals surface area (Å²) in [6.07, 6.45) is 0.945. The van der Waals surface area contributed by atoms with Gasteiger partial charge in [0, 0.05) is 29.9 Å². The summed E-state index contributed by atoms with van der Waals surface area (Å²) in [5.74, 6) is -7.32. The molecule has 0 aliphatic heterocycles. The van der Waals surface area contributed by atoms with Gasteiger partial charge in [0.2, 0.25) is 41.4 Å². The van der Waals surface area contributed by atoms with Crippen LogP contribution in [0, 0.1) is 11.8 Å². The summed E-state index contributed by atoms with van der Waals surface area (Å²) in [6, 6.07) is 5.68. The Hall–Kier alpha value is -6.50. The van der Waals surface area contributed by atoms with Gasteiger partial charge in [-0.15, -0.1) is 0 Å². The van der Waals surface area contributed by atoms with Crippen LogP contribution in [-0.2, 0) is 51.2 Å². The molecule has 0 aliphatic rings. The van der Waals surface area contributed by atoms with Gasteiger partial charge < -0.3 is 58.6 Å². The number of para-hydroxylation sites is 1. The molecule has 1 heterocycles. The Kier molecular flexibility index (Phi) is 18.0. The molecule has 326 valence electrons. The van der Waals surface area contributed by atoms with E-state index in [0.717, 1.165) is 10.9 Å². The van der Waals surface area contributed by atoms with E-state index in [9.17, 15) is 48.6 Å². The number of nitrogens with two attached hydrogens (primary N) is 2. The number of aliphatic carboxylic acids is 1. The molecule has 6 atom stereocenters. The van der Waals surface area contributed by atoms with Crippen LogP contribution in [0.2, 0.25) is 0 Å². The second-order valence-corrected chi connectivity index (χ2v) is 15.6. The highest BCUT2D eigenvalue weighted by Gasteiger charge is 2.33. The SMILES string of the molecule is CC(C)C[C@H](NC(=O)[C@H](CC(=O)O)NC(=O)[C@H](CC(C)C)NC(=O)[C@H](Cc1c[nH]c2ccccc12)NC(=O)CNC(=O)[C@H](Cc1ccc(O)cc1)NC(=O)[C@H](C)N)C(N)=O. The number of fused-ring (bicyclic) bond motifs is 1. The van der Waals surface area contributed by atoms with Crippen molar-refractivity contribution in [1.82, 2.24) is 36.9 Å². The molecule has 13 N–H and O–H groups in total. The predicted molar refractivity (Wildman–Crippen MR) is 220 cm³/mol. The van der Waals surface area contributed by atoms with Crippen molar-refractivity contribution in [3.8, 4) is 5.75 Å². The monoisotopic (exact) mass is 835 g/mol. The smallest absolute Gasteiger partial charge is 0.305 e. The lowest BCUT2D eigenvalue weighted by atomic mass is 10.00. The van der Waals surface area contributed by atoms with Crippen molar-refractivity contribution >= 4 is 58.2 Å². The zero-order chi connectivity index (χ0) is 44.7. The van der Waals surface area contributed by atoms with Crippen LogP contribution in [0.1, 0.15) is 65.0 Å². The molecule has 60 heavy (non-hydrogen) atoms. The van der Waals surface area contributed by atoms with Crippen LogP contribution >= 0.6 is 0 Å². The summed E-state index contributed by atoms with van der Waals surface area (Å²) in [5, 5.41) is 35.1. The Balaban J connectivity index is 1.85. The third-order valence-electron chi connectivity index (χ3n) is 9.32. The summed E-state index contributed by atoms with van der Waals surface area (Å²) in [4.78, 5) is 107. The quantitative estimate of drug-likeness (QED) is 0.0584. The molecule has 19 nitrogen and oxygen atoms in total. The van der Waals surface area contributed by atoms with Gasteiger partial charge >= 0.3 is 5.97 Å². The fourth-order valence-electron chi connectivity index (χ4n) is 6.27. The number of carboxylic acids is 1. The Morgan fingerprint density at radius 3 is 1.78 bits per heavy atom. The maximum absolute atomic E-state index is 14.1. The van der Waals surface area contributed by atoms with Crippen LogP contribution in [0.3, 0.4) is 0 Å². The topological polar surface area (TPSA) is 317 Å². The number of hydrogen-bond donors (Lipinski definition) is 11. The maximum atomic E-state index is 14.1. The van der Waals surface area contributed by atoms with E-state index in [1.807, 2.05) is 18.2 Å². The van der Waals surface area contributed by atoms with Crippen LogP contribution in [0.5, 0.6) is 5.75 Å². The number of nitrogens with one attached hydrogen (secondary N) is 7. The lowest BCUT2D eigenvalue weighted by Crippen LogP contribution is -2.59. The Bertz CT molecular complexity index is 2000. The Morgan fingerprint density at radius 1 is 0.650 bits per heavy atom. The number of hydrogen-bond acceptors (Lipinski definition) is 10. The van der Waals surface area contributed by atoms with E-state index in [2.05, 4.69) is 36.9 Å². The number of primary amides is 1. The van der Waals surface area contributed by atoms with Crippen LogP contribution in [0.4, 0.5) is 0 Å². The van der Waals surface area contributed by atoms with Crippen LogP contribution in [-0.4, -0.2) is 105 Å². The minimum Gasteiger partial charge on any atom is -0.508 e. The zero-order valence-corrected chi connectivity index (χ0v) is 34.4. The zero-order valence-electron chi connectivity index (χ0n) is 34.4. The molecule has 0 aliphatic carbocycles. The minimum absolute atomic E-state index is 0.000444. The fourth-order valence-corrected chi connectivity index (χ4v) is 6.27. The Morgan fingerprint density at radius 2 is 1.18 bits per heavy atom. The number of aromatic hydroxyl groups is 1. The number of aromatic amines is 1. The van der Waals surface area contributed by atoms with Crippen molar-refractivity contribution in [2.45, 2.75) is 103 Å². The highest BCUT2D eigenvalue weighted by molar-refractivity contribution is 5.98. The van der Waals surface area contributed by atoms with Gasteiger partial charge in [-0.3, -0.25) is 38.4 Å². The van der Waals surface area contributed by atoms with Gasteiger partial charge in [0.05, 0.1) is 19.0 Å². The predicted octanol–water partition coefficient (Wildman–Crippen LogP) is -0.402. The normalized spacial score (nSPS) is 14.2. The summed E-state index contributed by atoms with van der Waals surface area (Å²) in [7, 11) is 0. The third-order valence-corrected chi connectivity index (χ3v) is 9.32. The van der Waals surface area contributed by atoms with E-state index in [0.29, 0.717) is 11.1 Å². The first kappa shape index (κ1) is 47.9. The largest absolute Gasteiger partial charge is 0.508 e. The van der Waals surface area contributed by atoms with E-state index in [-0.39, 0.29) is 43.3 Å².